The molecule has 3 heteroatoms. The van der Waals surface area contributed by atoms with Crippen LogP contribution in [0.4, 0.5) is 4.39 Å². The van der Waals surface area contributed by atoms with Gasteiger partial charge in [0.1, 0.15) is 5.82 Å². The summed E-state index contributed by atoms with van der Waals surface area (Å²) in [6.07, 6.45) is 1.85. The van der Waals surface area contributed by atoms with Crippen LogP contribution in [-0.4, -0.2) is 4.99 Å². The number of halogens is 1. The van der Waals surface area contributed by atoms with Gasteiger partial charge in [-0.05, 0) is 30.5 Å². The largest absolute Gasteiger partial charge is 0.350 e. The first-order valence-electron chi connectivity index (χ1n) is 5.88. The van der Waals surface area contributed by atoms with Crippen molar-refractivity contribution in [2.75, 3.05) is 0 Å². The van der Waals surface area contributed by atoms with E-state index >= 15 is 0 Å². The van der Waals surface area contributed by atoms with E-state index in [1.54, 1.807) is 12.1 Å². The van der Waals surface area contributed by atoms with Gasteiger partial charge in [-0.15, -0.1) is 0 Å². The molecule has 0 spiro atoms. The molecular formula is C14H20FNS. The van der Waals surface area contributed by atoms with Gasteiger partial charge in [-0.25, -0.2) is 4.39 Å². The lowest BCUT2D eigenvalue weighted by Crippen LogP contribution is -2.18. The summed E-state index contributed by atoms with van der Waals surface area (Å²) in [6.45, 7) is 9.92. The lowest BCUT2D eigenvalue weighted by atomic mass is 10.1. The Labute approximate surface area is 109 Å². The predicted molar refractivity (Wildman–Crippen MR) is 77.4 cm³/mol. The van der Waals surface area contributed by atoms with Crippen LogP contribution in [0.5, 0.6) is 0 Å². The first-order valence-corrected chi connectivity index (χ1v) is 6.29. The molecule has 0 atom stereocenters. The van der Waals surface area contributed by atoms with Gasteiger partial charge in [-0.1, -0.05) is 51.7 Å². The summed E-state index contributed by atoms with van der Waals surface area (Å²) in [6, 6.07) is 6.18. The normalized spacial score (nSPS) is 8.94. The molecule has 1 aromatic rings. The van der Waals surface area contributed by atoms with Crippen LogP contribution in [0.25, 0.3) is 5.70 Å². The monoisotopic (exact) mass is 253 g/mol. The zero-order valence-corrected chi connectivity index (χ0v) is 11.5. The van der Waals surface area contributed by atoms with Gasteiger partial charge in [0, 0.05) is 5.70 Å². The standard InChI is InChI=1S/C12H14FNS.C2H6/c1-3-4-12(15)14-9(2)10-5-7-11(13)8-6-10;1-2/h5-8H,2-4H2,1H3,(H,14,15);1-2H3. The molecule has 1 nitrogen and oxygen atoms in total. The number of thiocarbonyl (C=S) groups is 1. The first-order chi connectivity index (χ1) is 8.13. The summed E-state index contributed by atoms with van der Waals surface area (Å²) in [4.78, 5) is 0.770. The molecule has 0 amide bonds. The Bertz CT molecular complexity index is 357. The van der Waals surface area contributed by atoms with Crippen molar-refractivity contribution in [2.45, 2.75) is 33.6 Å². The molecule has 17 heavy (non-hydrogen) atoms. The molecule has 0 heterocycles. The van der Waals surface area contributed by atoms with Crippen molar-refractivity contribution in [1.82, 2.24) is 5.32 Å². The van der Waals surface area contributed by atoms with Gasteiger partial charge in [0.25, 0.3) is 0 Å². The minimum absolute atomic E-state index is 0.248. The van der Waals surface area contributed by atoms with Gasteiger partial charge in [0.05, 0.1) is 4.99 Å². The smallest absolute Gasteiger partial charge is 0.123 e. The lowest BCUT2D eigenvalue weighted by molar-refractivity contribution is 0.627. The van der Waals surface area contributed by atoms with Crippen molar-refractivity contribution >= 4 is 22.9 Å². The topological polar surface area (TPSA) is 12.0 Å². The van der Waals surface area contributed by atoms with E-state index in [-0.39, 0.29) is 5.82 Å². The van der Waals surface area contributed by atoms with E-state index in [2.05, 4.69) is 18.8 Å². The summed E-state index contributed by atoms with van der Waals surface area (Å²) < 4.78 is 12.7. The Hall–Kier alpha value is -1.22. The maximum absolute atomic E-state index is 12.7. The summed E-state index contributed by atoms with van der Waals surface area (Å²) in [5.74, 6) is -0.248. The van der Waals surface area contributed by atoms with Gasteiger partial charge in [0.2, 0.25) is 0 Å². The molecule has 0 radical (unpaired) electrons. The third-order valence-electron chi connectivity index (χ3n) is 1.96. The Balaban J connectivity index is 0.00000121. The third-order valence-corrected chi connectivity index (χ3v) is 2.27. The highest BCUT2D eigenvalue weighted by molar-refractivity contribution is 7.80. The van der Waals surface area contributed by atoms with Crippen molar-refractivity contribution < 1.29 is 4.39 Å². The van der Waals surface area contributed by atoms with Crippen LogP contribution < -0.4 is 5.32 Å². The van der Waals surface area contributed by atoms with Crippen molar-refractivity contribution in [3.8, 4) is 0 Å². The predicted octanol–water partition coefficient (Wildman–Crippen LogP) is 4.54. The summed E-state index contributed by atoms with van der Waals surface area (Å²) in [5, 5.41) is 3.03. The number of nitrogens with one attached hydrogen (secondary N) is 1. The highest BCUT2D eigenvalue weighted by Crippen LogP contribution is 2.10. The highest BCUT2D eigenvalue weighted by Gasteiger charge is 2.01. The SMILES string of the molecule is C=C(NC(=S)CCC)c1ccc(F)cc1.CC. The van der Waals surface area contributed by atoms with Gasteiger partial charge in [-0.3, -0.25) is 0 Å². The number of rotatable bonds is 4. The fraction of sp³-hybridized carbons (Fsp3) is 0.357. The van der Waals surface area contributed by atoms with Crippen LogP contribution >= 0.6 is 12.2 Å². The maximum Gasteiger partial charge on any atom is 0.123 e. The maximum atomic E-state index is 12.7. The Morgan fingerprint density at radius 3 is 2.29 bits per heavy atom. The fourth-order valence-corrected chi connectivity index (χ4v) is 1.51. The van der Waals surface area contributed by atoms with Crippen molar-refractivity contribution in [3.63, 3.8) is 0 Å². The van der Waals surface area contributed by atoms with Gasteiger partial charge in [-0.2, -0.15) is 0 Å². The molecule has 1 rings (SSSR count). The summed E-state index contributed by atoms with van der Waals surface area (Å²) in [5.41, 5.74) is 1.57. The molecule has 1 aromatic carbocycles. The minimum Gasteiger partial charge on any atom is -0.350 e. The quantitative estimate of drug-likeness (QED) is 0.791. The van der Waals surface area contributed by atoms with Crippen LogP contribution in [-0.2, 0) is 0 Å². The molecule has 0 fully saturated rings. The Morgan fingerprint density at radius 1 is 1.29 bits per heavy atom. The van der Waals surface area contributed by atoms with E-state index in [9.17, 15) is 4.39 Å². The van der Waals surface area contributed by atoms with E-state index in [0.717, 1.165) is 23.4 Å². The second kappa shape index (κ2) is 8.88. The van der Waals surface area contributed by atoms with Crippen molar-refractivity contribution in [1.29, 1.82) is 0 Å². The van der Waals surface area contributed by atoms with Crippen LogP contribution in [0.15, 0.2) is 30.8 Å². The molecule has 0 aliphatic carbocycles. The summed E-state index contributed by atoms with van der Waals surface area (Å²) >= 11 is 5.11. The molecule has 0 aliphatic rings. The van der Waals surface area contributed by atoms with Gasteiger partial charge >= 0.3 is 0 Å². The molecule has 0 aromatic heterocycles. The number of hydrogen-bond acceptors (Lipinski definition) is 1. The molecular weight excluding hydrogens is 233 g/mol. The molecule has 1 N–H and O–H groups in total. The Morgan fingerprint density at radius 2 is 1.82 bits per heavy atom. The molecule has 94 valence electrons. The van der Waals surface area contributed by atoms with E-state index in [0.29, 0.717) is 5.70 Å². The first kappa shape index (κ1) is 15.8. The van der Waals surface area contributed by atoms with Crippen LogP contribution in [0.3, 0.4) is 0 Å². The van der Waals surface area contributed by atoms with Crippen LogP contribution in [0, 0.1) is 5.82 Å². The van der Waals surface area contributed by atoms with Crippen molar-refractivity contribution in [3.05, 3.63) is 42.2 Å². The average Bonchev–Trinajstić information content (AvgIpc) is 2.32. The average molecular weight is 253 g/mol. The molecule has 0 unspecified atom stereocenters. The van der Waals surface area contributed by atoms with E-state index in [1.807, 2.05) is 13.8 Å². The molecule has 0 aliphatic heterocycles. The van der Waals surface area contributed by atoms with E-state index < -0.39 is 0 Å². The highest BCUT2D eigenvalue weighted by atomic mass is 32.1. The van der Waals surface area contributed by atoms with Crippen LogP contribution in [0.1, 0.15) is 39.2 Å². The second-order valence-corrected chi connectivity index (χ2v) is 3.78. The fourth-order valence-electron chi connectivity index (χ4n) is 1.18. The van der Waals surface area contributed by atoms with Gasteiger partial charge in [0.15, 0.2) is 0 Å². The Kier molecular flexibility index (Phi) is 8.24. The number of benzene rings is 1. The molecule has 0 saturated carbocycles. The lowest BCUT2D eigenvalue weighted by Gasteiger charge is -2.09. The molecule has 0 bridgehead atoms. The van der Waals surface area contributed by atoms with Crippen molar-refractivity contribution in [2.24, 2.45) is 0 Å². The zero-order valence-electron chi connectivity index (χ0n) is 10.7. The van der Waals surface area contributed by atoms with Crippen LogP contribution in [0.2, 0.25) is 0 Å². The van der Waals surface area contributed by atoms with Gasteiger partial charge < -0.3 is 5.32 Å². The second-order valence-electron chi connectivity index (χ2n) is 3.28. The summed E-state index contributed by atoms with van der Waals surface area (Å²) in [7, 11) is 0. The zero-order chi connectivity index (χ0) is 13.3. The van der Waals surface area contributed by atoms with E-state index in [1.165, 1.54) is 12.1 Å². The van der Waals surface area contributed by atoms with E-state index in [4.69, 9.17) is 12.2 Å². The third kappa shape index (κ3) is 6.17. The number of hydrogen-bond donors (Lipinski definition) is 1. The minimum atomic E-state index is -0.248. The molecule has 0 saturated heterocycles.